The SMILES string of the molecule is CCOc1ccc(-c2cnnc(Cl)c2)cn1. The molecule has 0 aliphatic heterocycles. The molecule has 0 amide bonds. The second-order valence-corrected chi connectivity index (χ2v) is 3.47. The quantitative estimate of drug-likeness (QED) is 0.821. The summed E-state index contributed by atoms with van der Waals surface area (Å²) in [6.45, 7) is 2.52. The molecule has 0 bridgehead atoms. The van der Waals surface area contributed by atoms with Crippen molar-refractivity contribution in [2.75, 3.05) is 6.61 Å². The van der Waals surface area contributed by atoms with E-state index in [0.717, 1.165) is 11.1 Å². The van der Waals surface area contributed by atoms with Crippen molar-refractivity contribution in [1.29, 1.82) is 0 Å². The Morgan fingerprint density at radius 1 is 1.25 bits per heavy atom. The van der Waals surface area contributed by atoms with Gasteiger partial charge in [-0.25, -0.2) is 4.98 Å². The molecule has 0 saturated carbocycles. The monoisotopic (exact) mass is 235 g/mol. The highest BCUT2D eigenvalue weighted by atomic mass is 35.5. The predicted molar refractivity (Wildman–Crippen MR) is 61.4 cm³/mol. The van der Waals surface area contributed by atoms with Gasteiger partial charge in [-0.2, -0.15) is 5.10 Å². The summed E-state index contributed by atoms with van der Waals surface area (Å²) in [5, 5.41) is 7.83. The molecule has 0 aliphatic rings. The van der Waals surface area contributed by atoms with E-state index in [0.29, 0.717) is 17.6 Å². The van der Waals surface area contributed by atoms with E-state index < -0.39 is 0 Å². The standard InChI is InChI=1S/C11H10ClN3O/c1-2-16-11-4-3-8(6-13-11)9-5-10(12)15-14-7-9/h3-7H,2H2,1H3. The van der Waals surface area contributed by atoms with E-state index in [1.807, 2.05) is 19.1 Å². The van der Waals surface area contributed by atoms with Crippen LogP contribution in [-0.2, 0) is 0 Å². The molecule has 2 aromatic heterocycles. The third-order valence-corrected chi connectivity index (χ3v) is 2.17. The maximum absolute atomic E-state index is 5.76. The summed E-state index contributed by atoms with van der Waals surface area (Å²) in [7, 11) is 0. The summed E-state index contributed by atoms with van der Waals surface area (Å²) >= 11 is 5.76. The summed E-state index contributed by atoms with van der Waals surface area (Å²) in [6, 6.07) is 5.46. The fourth-order valence-electron chi connectivity index (χ4n) is 1.28. The number of ether oxygens (including phenoxy) is 1. The maximum Gasteiger partial charge on any atom is 0.213 e. The summed E-state index contributed by atoms with van der Waals surface area (Å²) in [4.78, 5) is 4.16. The Morgan fingerprint density at radius 3 is 2.75 bits per heavy atom. The number of halogens is 1. The van der Waals surface area contributed by atoms with Crippen LogP contribution < -0.4 is 4.74 Å². The van der Waals surface area contributed by atoms with Crippen LogP contribution in [0.5, 0.6) is 5.88 Å². The van der Waals surface area contributed by atoms with Crippen LogP contribution in [0, 0.1) is 0 Å². The maximum atomic E-state index is 5.76. The van der Waals surface area contributed by atoms with Crippen molar-refractivity contribution < 1.29 is 4.74 Å². The van der Waals surface area contributed by atoms with Gasteiger partial charge in [0.1, 0.15) is 0 Å². The average Bonchev–Trinajstić information content (AvgIpc) is 2.30. The Kier molecular flexibility index (Phi) is 3.31. The van der Waals surface area contributed by atoms with Gasteiger partial charge in [0.25, 0.3) is 0 Å². The Balaban J connectivity index is 2.27. The Labute approximate surface area is 98.3 Å². The van der Waals surface area contributed by atoms with Crippen molar-refractivity contribution in [2.45, 2.75) is 6.92 Å². The van der Waals surface area contributed by atoms with Crippen LogP contribution >= 0.6 is 11.6 Å². The molecular formula is C11H10ClN3O. The fraction of sp³-hybridized carbons (Fsp3) is 0.182. The minimum atomic E-state index is 0.367. The van der Waals surface area contributed by atoms with Crippen LogP contribution in [-0.4, -0.2) is 21.8 Å². The fourth-order valence-corrected chi connectivity index (χ4v) is 1.44. The molecule has 0 fully saturated rings. The smallest absolute Gasteiger partial charge is 0.213 e. The zero-order valence-corrected chi connectivity index (χ0v) is 9.48. The van der Waals surface area contributed by atoms with Crippen LogP contribution in [0.15, 0.2) is 30.6 Å². The molecule has 16 heavy (non-hydrogen) atoms. The lowest BCUT2D eigenvalue weighted by Gasteiger charge is -2.03. The van der Waals surface area contributed by atoms with Gasteiger partial charge in [0.05, 0.1) is 12.8 Å². The van der Waals surface area contributed by atoms with Gasteiger partial charge in [0.2, 0.25) is 5.88 Å². The third kappa shape index (κ3) is 2.46. The molecule has 82 valence electrons. The van der Waals surface area contributed by atoms with Gasteiger partial charge < -0.3 is 4.74 Å². The molecule has 0 radical (unpaired) electrons. The average molecular weight is 236 g/mol. The number of hydrogen-bond acceptors (Lipinski definition) is 4. The van der Waals surface area contributed by atoms with E-state index in [4.69, 9.17) is 16.3 Å². The Hall–Kier alpha value is -1.68. The van der Waals surface area contributed by atoms with Crippen LogP contribution in [0.1, 0.15) is 6.92 Å². The lowest BCUT2D eigenvalue weighted by Crippen LogP contribution is -1.94. The predicted octanol–water partition coefficient (Wildman–Crippen LogP) is 2.59. The molecule has 2 rings (SSSR count). The molecule has 0 atom stereocenters. The van der Waals surface area contributed by atoms with Gasteiger partial charge in [0.15, 0.2) is 5.15 Å². The van der Waals surface area contributed by atoms with Crippen molar-refractivity contribution in [2.24, 2.45) is 0 Å². The first-order valence-corrected chi connectivity index (χ1v) is 5.25. The van der Waals surface area contributed by atoms with Crippen molar-refractivity contribution in [3.8, 4) is 17.0 Å². The number of rotatable bonds is 3. The molecule has 0 saturated heterocycles. The second-order valence-electron chi connectivity index (χ2n) is 3.09. The van der Waals surface area contributed by atoms with Gasteiger partial charge >= 0.3 is 0 Å². The zero-order chi connectivity index (χ0) is 11.4. The van der Waals surface area contributed by atoms with E-state index in [9.17, 15) is 0 Å². The number of pyridine rings is 1. The van der Waals surface area contributed by atoms with E-state index in [1.54, 1.807) is 18.5 Å². The topological polar surface area (TPSA) is 47.9 Å². The largest absolute Gasteiger partial charge is 0.478 e. The first kappa shape index (κ1) is 10.8. The van der Waals surface area contributed by atoms with Crippen molar-refractivity contribution in [1.82, 2.24) is 15.2 Å². The first-order chi connectivity index (χ1) is 7.79. The van der Waals surface area contributed by atoms with Crippen molar-refractivity contribution in [3.05, 3.63) is 35.7 Å². The second kappa shape index (κ2) is 4.90. The molecule has 2 heterocycles. The third-order valence-electron chi connectivity index (χ3n) is 1.99. The number of nitrogens with zero attached hydrogens (tertiary/aromatic N) is 3. The zero-order valence-electron chi connectivity index (χ0n) is 8.72. The van der Waals surface area contributed by atoms with Crippen molar-refractivity contribution >= 4 is 11.6 Å². The van der Waals surface area contributed by atoms with Crippen LogP contribution in [0.2, 0.25) is 5.15 Å². The van der Waals surface area contributed by atoms with Gasteiger partial charge in [-0.15, -0.1) is 5.10 Å². The lowest BCUT2D eigenvalue weighted by molar-refractivity contribution is 0.327. The summed E-state index contributed by atoms with van der Waals surface area (Å²) in [5.41, 5.74) is 1.82. The summed E-state index contributed by atoms with van der Waals surface area (Å²) < 4.78 is 5.26. The van der Waals surface area contributed by atoms with Gasteiger partial charge in [-0.3, -0.25) is 0 Å². The van der Waals surface area contributed by atoms with Crippen molar-refractivity contribution in [3.63, 3.8) is 0 Å². The molecule has 2 aromatic rings. The van der Waals surface area contributed by atoms with E-state index in [1.165, 1.54) is 0 Å². The molecule has 4 nitrogen and oxygen atoms in total. The highest BCUT2D eigenvalue weighted by Crippen LogP contribution is 2.20. The summed E-state index contributed by atoms with van der Waals surface area (Å²) in [5.74, 6) is 0.611. The Morgan fingerprint density at radius 2 is 2.12 bits per heavy atom. The highest BCUT2D eigenvalue weighted by molar-refractivity contribution is 6.29. The van der Waals surface area contributed by atoms with Crippen LogP contribution in [0.25, 0.3) is 11.1 Å². The minimum Gasteiger partial charge on any atom is -0.478 e. The summed E-state index contributed by atoms with van der Waals surface area (Å²) in [6.07, 6.45) is 3.36. The highest BCUT2D eigenvalue weighted by Gasteiger charge is 2.01. The molecule has 0 aromatic carbocycles. The van der Waals surface area contributed by atoms with Gasteiger partial charge in [0, 0.05) is 23.4 Å². The molecule has 5 heteroatoms. The minimum absolute atomic E-state index is 0.367. The van der Waals surface area contributed by atoms with Crippen LogP contribution in [0.3, 0.4) is 0 Å². The lowest BCUT2D eigenvalue weighted by atomic mass is 10.1. The molecule has 0 unspecified atom stereocenters. The van der Waals surface area contributed by atoms with E-state index in [2.05, 4.69) is 15.2 Å². The van der Waals surface area contributed by atoms with Crippen LogP contribution in [0.4, 0.5) is 0 Å². The van der Waals surface area contributed by atoms with Gasteiger partial charge in [-0.1, -0.05) is 11.6 Å². The van der Waals surface area contributed by atoms with Gasteiger partial charge in [-0.05, 0) is 19.1 Å². The Bertz CT molecular complexity index is 473. The first-order valence-electron chi connectivity index (χ1n) is 4.87. The van der Waals surface area contributed by atoms with E-state index in [-0.39, 0.29) is 0 Å². The molecular weight excluding hydrogens is 226 g/mol. The number of hydrogen-bond donors (Lipinski definition) is 0. The molecule has 0 N–H and O–H groups in total. The van der Waals surface area contributed by atoms with E-state index >= 15 is 0 Å². The molecule has 0 aliphatic carbocycles. The normalized spacial score (nSPS) is 10.1. The number of aromatic nitrogens is 3. The molecule has 0 spiro atoms.